The number of anilines is 1. The Kier molecular flexibility index (Phi) is 4.98. The smallest absolute Gasteiger partial charge is 0.227 e. The normalized spacial score (nSPS) is 13.8. The molecule has 108 valence electrons. The van der Waals surface area contributed by atoms with Gasteiger partial charge in [0.05, 0.1) is 18.7 Å². The molecule has 2 amide bonds. The lowest BCUT2D eigenvalue weighted by Crippen LogP contribution is -2.22. The topological polar surface area (TPSA) is 67.4 Å². The van der Waals surface area contributed by atoms with Crippen molar-refractivity contribution in [2.45, 2.75) is 39.2 Å². The van der Waals surface area contributed by atoms with E-state index in [0.29, 0.717) is 37.4 Å². The van der Waals surface area contributed by atoms with Gasteiger partial charge in [-0.3, -0.25) is 9.59 Å². The molecular formula is C15H20N2O3. The molecule has 20 heavy (non-hydrogen) atoms. The standard InChI is InChI=1S/C15H20N2O3/c1-2-3-4-14(18)16-10-11-5-6-13-12(9-11)17-15(19)7-8-20-13/h5-6,9H,2-4,7-8,10H2,1H3,(H,16,18)(H,17,19). The Hall–Kier alpha value is -2.04. The molecule has 0 saturated carbocycles. The Morgan fingerprint density at radius 3 is 3.10 bits per heavy atom. The largest absolute Gasteiger partial charge is 0.491 e. The number of unbranched alkanes of at least 4 members (excludes halogenated alkanes) is 1. The zero-order chi connectivity index (χ0) is 14.4. The Morgan fingerprint density at radius 1 is 1.45 bits per heavy atom. The molecule has 1 aliphatic heterocycles. The Balaban J connectivity index is 1.96. The van der Waals surface area contributed by atoms with Crippen LogP contribution in [0.4, 0.5) is 5.69 Å². The number of fused-ring (bicyclic) bond motifs is 1. The lowest BCUT2D eigenvalue weighted by molar-refractivity contribution is -0.121. The maximum Gasteiger partial charge on any atom is 0.227 e. The molecule has 0 radical (unpaired) electrons. The van der Waals surface area contributed by atoms with Gasteiger partial charge in [-0.25, -0.2) is 0 Å². The molecule has 0 spiro atoms. The van der Waals surface area contributed by atoms with Gasteiger partial charge in [-0.2, -0.15) is 0 Å². The second-order valence-electron chi connectivity index (χ2n) is 4.86. The van der Waals surface area contributed by atoms with Gasteiger partial charge < -0.3 is 15.4 Å². The van der Waals surface area contributed by atoms with Crippen LogP contribution in [0.2, 0.25) is 0 Å². The van der Waals surface area contributed by atoms with Crippen LogP contribution in [0.3, 0.4) is 0 Å². The maximum atomic E-state index is 11.6. The summed E-state index contributed by atoms with van der Waals surface area (Å²) in [5.41, 5.74) is 1.62. The second-order valence-corrected chi connectivity index (χ2v) is 4.86. The molecule has 1 aromatic rings. The fourth-order valence-corrected chi connectivity index (χ4v) is 2.00. The third-order valence-electron chi connectivity index (χ3n) is 3.15. The highest BCUT2D eigenvalue weighted by molar-refractivity contribution is 5.93. The summed E-state index contributed by atoms with van der Waals surface area (Å²) in [4.78, 5) is 23.0. The van der Waals surface area contributed by atoms with Gasteiger partial charge in [0, 0.05) is 13.0 Å². The Morgan fingerprint density at radius 2 is 2.30 bits per heavy atom. The number of rotatable bonds is 5. The average Bonchev–Trinajstić information content (AvgIpc) is 2.62. The summed E-state index contributed by atoms with van der Waals surface area (Å²) in [5, 5.41) is 5.68. The number of amides is 2. The van der Waals surface area contributed by atoms with E-state index in [1.165, 1.54) is 0 Å². The summed E-state index contributed by atoms with van der Waals surface area (Å²) in [6.45, 7) is 2.92. The molecule has 0 bridgehead atoms. The number of hydrogen-bond donors (Lipinski definition) is 2. The van der Waals surface area contributed by atoms with Crippen LogP contribution in [-0.4, -0.2) is 18.4 Å². The van der Waals surface area contributed by atoms with E-state index in [1.54, 1.807) is 0 Å². The maximum absolute atomic E-state index is 11.6. The van der Waals surface area contributed by atoms with Crippen LogP contribution in [0.1, 0.15) is 38.2 Å². The predicted molar refractivity (Wildman–Crippen MR) is 76.6 cm³/mol. The molecule has 5 nitrogen and oxygen atoms in total. The van der Waals surface area contributed by atoms with E-state index < -0.39 is 0 Å². The minimum absolute atomic E-state index is 0.0483. The summed E-state index contributed by atoms with van der Waals surface area (Å²) < 4.78 is 5.48. The monoisotopic (exact) mass is 276 g/mol. The lowest BCUT2D eigenvalue weighted by Gasteiger charge is -2.10. The van der Waals surface area contributed by atoms with Gasteiger partial charge >= 0.3 is 0 Å². The first-order valence-electron chi connectivity index (χ1n) is 7.01. The first kappa shape index (κ1) is 14.4. The van der Waals surface area contributed by atoms with Crippen LogP contribution in [0.5, 0.6) is 5.75 Å². The van der Waals surface area contributed by atoms with Crippen molar-refractivity contribution in [3.05, 3.63) is 23.8 Å². The summed E-state index contributed by atoms with van der Waals surface area (Å²) >= 11 is 0. The SMILES string of the molecule is CCCCC(=O)NCc1ccc2c(c1)NC(=O)CCO2. The third kappa shape index (κ3) is 3.98. The predicted octanol–water partition coefficient (Wildman–Crippen LogP) is 2.21. The zero-order valence-electron chi connectivity index (χ0n) is 11.7. The molecule has 5 heteroatoms. The Bertz CT molecular complexity index is 500. The first-order valence-corrected chi connectivity index (χ1v) is 7.01. The summed E-state index contributed by atoms with van der Waals surface area (Å²) in [6, 6.07) is 5.57. The minimum Gasteiger partial charge on any atom is -0.491 e. The molecule has 0 atom stereocenters. The molecule has 0 aromatic heterocycles. The van der Waals surface area contributed by atoms with Crippen molar-refractivity contribution in [3.63, 3.8) is 0 Å². The molecule has 0 fully saturated rings. The molecule has 1 heterocycles. The van der Waals surface area contributed by atoms with E-state index in [4.69, 9.17) is 4.74 Å². The van der Waals surface area contributed by atoms with E-state index in [-0.39, 0.29) is 11.8 Å². The van der Waals surface area contributed by atoms with E-state index in [1.807, 2.05) is 18.2 Å². The first-order chi connectivity index (χ1) is 9.69. The van der Waals surface area contributed by atoms with Crippen LogP contribution in [0, 0.1) is 0 Å². The Labute approximate surface area is 118 Å². The van der Waals surface area contributed by atoms with Crippen molar-refractivity contribution in [3.8, 4) is 5.75 Å². The molecule has 2 rings (SSSR count). The van der Waals surface area contributed by atoms with Gasteiger partial charge in [0.15, 0.2) is 0 Å². The summed E-state index contributed by atoms with van der Waals surface area (Å²) in [5.74, 6) is 0.687. The molecule has 0 aliphatic carbocycles. The van der Waals surface area contributed by atoms with Crippen molar-refractivity contribution in [1.82, 2.24) is 5.32 Å². The van der Waals surface area contributed by atoms with Gasteiger partial charge in [-0.1, -0.05) is 19.4 Å². The van der Waals surface area contributed by atoms with Gasteiger partial charge in [-0.05, 0) is 24.1 Å². The van der Waals surface area contributed by atoms with E-state index in [2.05, 4.69) is 17.6 Å². The number of benzene rings is 1. The molecule has 0 saturated heterocycles. The van der Waals surface area contributed by atoms with Crippen LogP contribution < -0.4 is 15.4 Å². The number of carbonyl (C=O) groups excluding carboxylic acids is 2. The highest BCUT2D eigenvalue weighted by atomic mass is 16.5. The van der Waals surface area contributed by atoms with E-state index in [0.717, 1.165) is 18.4 Å². The summed E-state index contributed by atoms with van der Waals surface area (Å²) in [6.07, 6.45) is 2.83. The molecule has 0 unspecified atom stereocenters. The van der Waals surface area contributed by atoms with E-state index in [9.17, 15) is 9.59 Å². The van der Waals surface area contributed by atoms with Gasteiger partial charge in [0.1, 0.15) is 5.75 Å². The fourth-order valence-electron chi connectivity index (χ4n) is 2.00. The molecule has 2 N–H and O–H groups in total. The van der Waals surface area contributed by atoms with Crippen molar-refractivity contribution in [2.24, 2.45) is 0 Å². The zero-order valence-corrected chi connectivity index (χ0v) is 11.7. The van der Waals surface area contributed by atoms with Gasteiger partial charge in [-0.15, -0.1) is 0 Å². The third-order valence-corrected chi connectivity index (χ3v) is 3.15. The van der Waals surface area contributed by atoms with E-state index >= 15 is 0 Å². The second kappa shape index (κ2) is 6.93. The minimum atomic E-state index is -0.0483. The van der Waals surface area contributed by atoms with Crippen LogP contribution >= 0.6 is 0 Å². The highest BCUT2D eigenvalue weighted by Crippen LogP contribution is 2.28. The van der Waals surface area contributed by atoms with Crippen molar-refractivity contribution in [1.29, 1.82) is 0 Å². The number of ether oxygens (including phenoxy) is 1. The summed E-state index contributed by atoms with van der Waals surface area (Å²) in [7, 11) is 0. The van der Waals surface area contributed by atoms with Gasteiger partial charge in [0.2, 0.25) is 11.8 Å². The number of carbonyl (C=O) groups is 2. The van der Waals surface area contributed by atoms with Crippen molar-refractivity contribution < 1.29 is 14.3 Å². The number of nitrogens with one attached hydrogen (secondary N) is 2. The van der Waals surface area contributed by atoms with Crippen LogP contribution in [0.25, 0.3) is 0 Å². The highest BCUT2D eigenvalue weighted by Gasteiger charge is 2.14. The lowest BCUT2D eigenvalue weighted by atomic mass is 10.1. The molecule has 1 aliphatic rings. The average molecular weight is 276 g/mol. The molecule has 1 aromatic carbocycles. The van der Waals surface area contributed by atoms with Crippen LogP contribution in [0.15, 0.2) is 18.2 Å². The van der Waals surface area contributed by atoms with Gasteiger partial charge in [0.25, 0.3) is 0 Å². The quantitative estimate of drug-likeness (QED) is 0.866. The fraction of sp³-hybridized carbons (Fsp3) is 0.467. The van der Waals surface area contributed by atoms with Crippen molar-refractivity contribution in [2.75, 3.05) is 11.9 Å². The van der Waals surface area contributed by atoms with Crippen molar-refractivity contribution >= 4 is 17.5 Å². The number of hydrogen-bond acceptors (Lipinski definition) is 3. The van der Waals surface area contributed by atoms with Crippen LogP contribution in [-0.2, 0) is 16.1 Å². The molecular weight excluding hydrogens is 256 g/mol.